The second-order valence-corrected chi connectivity index (χ2v) is 8.77. The molecule has 3 heterocycles. The third kappa shape index (κ3) is 3.76. The molecule has 1 amide bonds. The Hall–Kier alpha value is -3.65. The van der Waals surface area contributed by atoms with Crippen molar-refractivity contribution in [3.63, 3.8) is 0 Å². The normalized spacial score (nSPS) is 15.3. The number of nitrogens with zero attached hydrogens (tertiary/aromatic N) is 3. The smallest absolute Gasteiger partial charge is 0.262 e. The quantitative estimate of drug-likeness (QED) is 0.454. The fourth-order valence-electron chi connectivity index (χ4n) is 4.45. The summed E-state index contributed by atoms with van der Waals surface area (Å²) in [5.74, 6) is 1.15. The maximum Gasteiger partial charge on any atom is 0.262 e. The summed E-state index contributed by atoms with van der Waals surface area (Å²) in [4.78, 5) is 33.2. The molecule has 0 bridgehead atoms. The summed E-state index contributed by atoms with van der Waals surface area (Å²) in [6.07, 6.45) is 2.14. The first kappa shape index (κ1) is 21.2. The van der Waals surface area contributed by atoms with Crippen LogP contribution in [-0.4, -0.2) is 41.1 Å². The first-order valence-corrected chi connectivity index (χ1v) is 11.5. The number of amides is 1. The molecule has 1 aliphatic rings. The molecule has 1 aliphatic heterocycles. The maximum atomic E-state index is 13.6. The van der Waals surface area contributed by atoms with Crippen LogP contribution in [0.15, 0.2) is 65.0 Å². The molecule has 0 aliphatic carbocycles. The van der Waals surface area contributed by atoms with Gasteiger partial charge >= 0.3 is 0 Å². The van der Waals surface area contributed by atoms with Crippen molar-refractivity contribution >= 4 is 27.5 Å². The lowest BCUT2D eigenvalue weighted by atomic mass is 9.87. The van der Waals surface area contributed by atoms with Crippen molar-refractivity contribution in [2.45, 2.75) is 19.0 Å². The van der Waals surface area contributed by atoms with Crippen molar-refractivity contribution in [2.75, 3.05) is 20.8 Å². The van der Waals surface area contributed by atoms with E-state index >= 15 is 0 Å². The Morgan fingerprint density at radius 1 is 1.12 bits per heavy atom. The number of methoxy groups -OCH3 is 2. The summed E-state index contributed by atoms with van der Waals surface area (Å²) in [5.41, 5.74) is 2.91. The summed E-state index contributed by atoms with van der Waals surface area (Å²) < 4.78 is 12.4. The van der Waals surface area contributed by atoms with E-state index in [2.05, 4.69) is 4.98 Å². The lowest BCUT2D eigenvalue weighted by Crippen LogP contribution is -2.43. The van der Waals surface area contributed by atoms with Crippen molar-refractivity contribution < 1.29 is 14.3 Å². The van der Waals surface area contributed by atoms with Crippen LogP contribution in [0.5, 0.6) is 11.5 Å². The number of benzene rings is 2. The molecule has 2 aromatic carbocycles. The molecule has 7 nitrogen and oxygen atoms in total. The first-order valence-electron chi connectivity index (χ1n) is 10.6. The zero-order chi connectivity index (χ0) is 22.9. The molecule has 0 radical (unpaired) electrons. The van der Waals surface area contributed by atoms with Gasteiger partial charge in [0.05, 0.1) is 32.0 Å². The molecule has 1 unspecified atom stereocenters. The van der Waals surface area contributed by atoms with E-state index in [0.29, 0.717) is 34.7 Å². The minimum absolute atomic E-state index is 0.0659. The van der Waals surface area contributed by atoms with Gasteiger partial charge in [-0.05, 0) is 46.7 Å². The topological polar surface area (TPSA) is 73.7 Å². The molecule has 8 heteroatoms. The largest absolute Gasteiger partial charge is 0.493 e. The second-order valence-electron chi connectivity index (χ2n) is 7.87. The molecule has 168 valence electrons. The highest BCUT2D eigenvalue weighted by atomic mass is 32.1. The number of ether oxygens (including phenoxy) is 2. The lowest BCUT2D eigenvalue weighted by Gasteiger charge is -2.38. The zero-order valence-corrected chi connectivity index (χ0v) is 19.2. The van der Waals surface area contributed by atoms with Crippen LogP contribution >= 0.6 is 11.3 Å². The Balaban J connectivity index is 1.55. The van der Waals surface area contributed by atoms with Crippen molar-refractivity contribution in [3.8, 4) is 11.5 Å². The fourth-order valence-corrected chi connectivity index (χ4v) is 5.18. The minimum atomic E-state index is -0.296. The lowest BCUT2D eigenvalue weighted by molar-refractivity contribution is -0.134. The van der Waals surface area contributed by atoms with Gasteiger partial charge in [-0.15, -0.1) is 11.3 Å². The van der Waals surface area contributed by atoms with E-state index in [4.69, 9.17) is 9.47 Å². The first-order chi connectivity index (χ1) is 16.1. The van der Waals surface area contributed by atoms with E-state index in [9.17, 15) is 9.59 Å². The van der Waals surface area contributed by atoms with E-state index in [1.54, 1.807) is 20.3 Å². The number of carbonyl (C=O) groups excluding carboxylic acids is 1. The molecule has 33 heavy (non-hydrogen) atoms. The average Bonchev–Trinajstić information content (AvgIpc) is 3.34. The highest BCUT2D eigenvalue weighted by molar-refractivity contribution is 7.16. The Labute approximate surface area is 194 Å². The highest BCUT2D eigenvalue weighted by Gasteiger charge is 2.33. The standard InChI is InChI=1S/C25H23N3O4S/c1-31-20-12-17-8-10-28(22(29)14-27-15-26-24-18(25(27)30)9-11-33-24)23(16-6-4-3-5-7-16)19(17)13-21(20)32-2/h3-7,9,11-13,15,23H,8,10,14H2,1-2H3. The number of rotatable bonds is 5. The molecule has 4 aromatic rings. The molecule has 0 fully saturated rings. The Bertz CT molecular complexity index is 1380. The van der Waals surface area contributed by atoms with E-state index in [1.807, 2.05) is 52.7 Å². The van der Waals surface area contributed by atoms with Gasteiger partial charge in [-0.1, -0.05) is 30.3 Å². The van der Waals surface area contributed by atoms with Crippen molar-refractivity contribution in [3.05, 3.63) is 87.3 Å². The van der Waals surface area contributed by atoms with Crippen LogP contribution in [-0.2, 0) is 17.8 Å². The van der Waals surface area contributed by atoms with Gasteiger partial charge in [-0.3, -0.25) is 14.2 Å². The van der Waals surface area contributed by atoms with E-state index in [1.165, 1.54) is 22.2 Å². The summed E-state index contributed by atoms with van der Waals surface area (Å²) in [6, 6.07) is 15.3. The van der Waals surface area contributed by atoms with Crippen LogP contribution in [0.4, 0.5) is 0 Å². The van der Waals surface area contributed by atoms with Gasteiger partial charge in [0.2, 0.25) is 5.91 Å². The molecule has 0 saturated carbocycles. The molecule has 0 N–H and O–H groups in total. The van der Waals surface area contributed by atoms with Gasteiger partial charge < -0.3 is 14.4 Å². The Morgan fingerprint density at radius 2 is 1.88 bits per heavy atom. The van der Waals surface area contributed by atoms with Crippen LogP contribution in [0.1, 0.15) is 22.7 Å². The molecule has 1 atom stereocenters. The zero-order valence-electron chi connectivity index (χ0n) is 18.4. The fraction of sp³-hybridized carbons (Fsp3) is 0.240. The SMILES string of the molecule is COc1cc2c(cc1OC)C(c1ccccc1)N(C(=O)Cn1cnc3sccc3c1=O)CC2. The number of hydrogen-bond acceptors (Lipinski definition) is 6. The molecule has 0 saturated heterocycles. The predicted octanol–water partition coefficient (Wildman–Crippen LogP) is 3.65. The summed E-state index contributed by atoms with van der Waals surface area (Å²) in [7, 11) is 3.22. The van der Waals surface area contributed by atoms with Crippen LogP contribution in [0.2, 0.25) is 0 Å². The van der Waals surface area contributed by atoms with Gasteiger partial charge in [0, 0.05) is 6.54 Å². The van der Waals surface area contributed by atoms with Gasteiger partial charge in [-0.2, -0.15) is 0 Å². The van der Waals surface area contributed by atoms with E-state index < -0.39 is 0 Å². The molecule has 2 aromatic heterocycles. The van der Waals surface area contributed by atoms with Crippen LogP contribution < -0.4 is 15.0 Å². The summed E-state index contributed by atoms with van der Waals surface area (Å²) in [6.45, 7) is 0.466. The van der Waals surface area contributed by atoms with Crippen molar-refractivity contribution in [2.24, 2.45) is 0 Å². The minimum Gasteiger partial charge on any atom is -0.493 e. The molecular formula is C25H23N3O4S. The van der Waals surface area contributed by atoms with E-state index in [-0.39, 0.29) is 24.1 Å². The molecular weight excluding hydrogens is 438 g/mol. The number of aromatic nitrogens is 2. The predicted molar refractivity (Wildman–Crippen MR) is 127 cm³/mol. The van der Waals surface area contributed by atoms with Gasteiger partial charge in [0.25, 0.3) is 5.56 Å². The summed E-state index contributed by atoms with van der Waals surface area (Å²) >= 11 is 1.41. The van der Waals surface area contributed by atoms with Crippen LogP contribution in [0, 0.1) is 0 Å². The number of hydrogen-bond donors (Lipinski definition) is 0. The average molecular weight is 462 g/mol. The summed E-state index contributed by atoms with van der Waals surface area (Å²) in [5, 5.41) is 2.37. The van der Waals surface area contributed by atoms with Crippen molar-refractivity contribution in [1.82, 2.24) is 14.5 Å². The van der Waals surface area contributed by atoms with Crippen LogP contribution in [0.3, 0.4) is 0 Å². The third-order valence-corrected chi connectivity index (χ3v) is 6.89. The Morgan fingerprint density at radius 3 is 2.64 bits per heavy atom. The third-order valence-electron chi connectivity index (χ3n) is 6.07. The van der Waals surface area contributed by atoms with E-state index in [0.717, 1.165) is 16.7 Å². The van der Waals surface area contributed by atoms with Gasteiger partial charge in [0.15, 0.2) is 11.5 Å². The Kier molecular flexibility index (Phi) is 5.60. The monoisotopic (exact) mass is 461 g/mol. The maximum absolute atomic E-state index is 13.6. The molecule has 5 rings (SSSR count). The number of thiophene rings is 1. The molecule has 0 spiro atoms. The van der Waals surface area contributed by atoms with Crippen LogP contribution in [0.25, 0.3) is 10.2 Å². The van der Waals surface area contributed by atoms with Gasteiger partial charge in [0.1, 0.15) is 11.4 Å². The van der Waals surface area contributed by atoms with Crippen molar-refractivity contribution in [1.29, 1.82) is 0 Å². The second kappa shape index (κ2) is 8.71. The number of fused-ring (bicyclic) bond motifs is 2. The highest BCUT2D eigenvalue weighted by Crippen LogP contribution is 2.41. The van der Waals surface area contributed by atoms with Gasteiger partial charge in [-0.25, -0.2) is 4.98 Å². The number of carbonyl (C=O) groups is 1.